The lowest BCUT2D eigenvalue weighted by Gasteiger charge is -2.19. The van der Waals surface area contributed by atoms with Crippen molar-refractivity contribution in [3.63, 3.8) is 0 Å². The molecule has 6 nitrogen and oxygen atoms in total. The Kier molecular flexibility index (Phi) is 4.97. The van der Waals surface area contributed by atoms with E-state index in [-0.39, 0.29) is 12.2 Å². The third-order valence-electron chi connectivity index (χ3n) is 3.28. The van der Waals surface area contributed by atoms with Gasteiger partial charge < -0.3 is 15.0 Å². The molecule has 2 rings (SSSR count). The summed E-state index contributed by atoms with van der Waals surface area (Å²) in [5.74, 6) is -0.0421. The van der Waals surface area contributed by atoms with E-state index in [2.05, 4.69) is 5.32 Å². The molecule has 0 unspecified atom stereocenters. The Bertz CT molecular complexity index is 740. The number of nitrogen functional groups attached to an aromatic ring is 1. The van der Waals surface area contributed by atoms with E-state index in [0.29, 0.717) is 17.1 Å². The highest BCUT2D eigenvalue weighted by Gasteiger charge is 2.18. The molecule has 0 aliphatic rings. The number of anilines is 2. The molecular formula is C18H23N3O3. The highest BCUT2D eigenvalue weighted by Crippen LogP contribution is 2.17. The van der Waals surface area contributed by atoms with Crippen LogP contribution in [-0.4, -0.2) is 22.0 Å². The molecular weight excluding hydrogens is 306 g/mol. The number of rotatable bonds is 4. The fraction of sp³-hybridized carbons (Fsp3) is 0.333. The van der Waals surface area contributed by atoms with Crippen molar-refractivity contribution in [2.75, 3.05) is 11.1 Å². The van der Waals surface area contributed by atoms with Gasteiger partial charge in [0.1, 0.15) is 5.60 Å². The molecule has 1 amide bonds. The molecule has 1 aromatic heterocycles. The third-order valence-corrected chi connectivity index (χ3v) is 3.28. The Morgan fingerprint density at radius 1 is 1.21 bits per heavy atom. The Balaban J connectivity index is 2.06. The van der Waals surface area contributed by atoms with Gasteiger partial charge >= 0.3 is 6.09 Å². The van der Waals surface area contributed by atoms with E-state index in [9.17, 15) is 9.59 Å². The molecule has 0 aliphatic heterocycles. The van der Waals surface area contributed by atoms with Gasteiger partial charge in [0, 0.05) is 25.4 Å². The number of hydrogen-bond donors (Lipinski definition) is 2. The molecule has 24 heavy (non-hydrogen) atoms. The quantitative estimate of drug-likeness (QED) is 0.665. The molecule has 0 atom stereocenters. The first-order valence-electron chi connectivity index (χ1n) is 7.68. The number of nitrogens with zero attached hydrogens (tertiary/aromatic N) is 1. The minimum Gasteiger partial charge on any atom is -0.444 e. The molecule has 0 bridgehead atoms. The van der Waals surface area contributed by atoms with Gasteiger partial charge in [0.05, 0.1) is 11.4 Å². The van der Waals surface area contributed by atoms with Crippen LogP contribution in [-0.2, 0) is 18.2 Å². The van der Waals surface area contributed by atoms with Gasteiger partial charge in [0.25, 0.3) is 0 Å². The number of ether oxygens (including phenoxy) is 1. The second-order valence-electron chi connectivity index (χ2n) is 6.69. The molecule has 0 radical (unpaired) electrons. The van der Waals surface area contributed by atoms with Crippen LogP contribution >= 0.6 is 0 Å². The summed E-state index contributed by atoms with van der Waals surface area (Å²) < 4.78 is 6.89. The zero-order valence-corrected chi connectivity index (χ0v) is 14.4. The standard InChI is InChI=1S/C18H23N3O3/c1-18(2,3)24-17(23)20-14-10-15(21(4)11-14)16(22)9-12-5-7-13(19)8-6-12/h5-8,10-11H,9,19H2,1-4H3,(H,20,23). The van der Waals surface area contributed by atoms with E-state index in [0.717, 1.165) is 5.56 Å². The second kappa shape index (κ2) is 6.78. The first-order chi connectivity index (χ1) is 11.1. The molecule has 6 heteroatoms. The Hall–Kier alpha value is -2.76. The lowest BCUT2D eigenvalue weighted by molar-refractivity contribution is 0.0635. The molecule has 1 heterocycles. The molecule has 3 N–H and O–H groups in total. The van der Waals surface area contributed by atoms with E-state index < -0.39 is 11.7 Å². The minimum absolute atomic E-state index is 0.0421. The fourth-order valence-corrected chi connectivity index (χ4v) is 2.24. The monoisotopic (exact) mass is 329 g/mol. The predicted molar refractivity (Wildman–Crippen MR) is 94.2 cm³/mol. The van der Waals surface area contributed by atoms with Crippen molar-refractivity contribution < 1.29 is 14.3 Å². The summed E-state index contributed by atoms with van der Waals surface area (Å²) in [6.07, 6.45) is 1.40. The highest BCUT2D eigenvalue weighted by molar-refractivity contribution is 5.98. The zero-order chi connectivity index (χ0) is 17.9. The van der Waals surface area contributed by atoms with Crippen LogP contribution in [0.15, 0.2) is 36.5 Å². The number of Topliss-reactive ketones (excluding diaryl/α,β-unsaturated/α-hetero) is 1. The molecule has 1 aromatic carbocycles. The van der Waals surface area contributed by atoms with Crippen LogP contribution in [0.3, 0.4) is 0 Å². The molecule has 0 aliphatic carbocycles. The number of hydrogen-bond acceptors (Lipinski definition) is 4. The number of nitrogens with two attached hydrogens (primary N) is 1. The van der Waals surface area contributed by atoms with Gasteiger partial charge in [0.2, 0.25) is 0 Å². The van der Waals surface area contributed by atoms with E-state index in [1.807, 2.05) is 12.1 Å². The van der Waals surface area contributed by atoms with Gasteiger partial charge in [-0.15, -0.1) is 0 Å². The van der Waals surface area contributed by atoms with E-state index >= 15 is 0 Å². The maximum atomic E-state index is 12.5. The molecule has 0 spiro atoms. The van der Waals surface area contributed by atoms with Gasteiger partial charge in [-0.3, -0.25) is 10.1 Å². The van der Waals surface area contributed by atoms with Crippen LogP contribution in [0.1, 0.15) is 36.8 Å². The van der Waals surface area contributed by atoms with Gasteiger partial charge in [-0.25, -0.2) is 4.79 Å². The lowest BCUT2D eigenvalue weighted by atomic mass is 10.1. The second-order valence-corrected chi connectivity index (χ2v) is 6.69. The lowest BCUT2D eigenvalue weighted by Crippen LogP contribution is -2.27. The topological polar surface area (TPSA) is 86.4 Å². The summed E-state index contributed by atoms with van der Waals surface area (Å²) in [6.45, 7) is 5.37. The summed E-state index contributed by atoms with van der Waals surface area (Å²) in [4.78, 5) is 24.3. The average molecular weight is 329 g/mol. The van der Waals surface area contributed by atoms with Gasteiger partial charge in [-0.05, 0) is 44.5 Å². The SMILES string of the molecule is Cn1cc(NC(=O)OC(C)(C)C)cc1C(=O)Cc1ccc(N)cc1. The smallest absolute Gasteiger partial charge is 0.412 e. The van der Waals surface area contributed by atoms with E-state index in [1.165, 1.54) is 0 Å². The summed E-state index contributed by atoms with van der Waals surface area (Å²) in [6, 6.07) is 8.84. The normalized spacial score (nSPS) is 11.2. The number of carbonyl (C=O) groups excluding carboxylic acids is 2. The van der Waals surface area contributed by atoms with Crippen molar-refractivity contribution in [3.05, 3.63) is 47.8 Å². The number of carbonyl (C=O) groups is 2. The first kappa shape index (κ1) is 17.6. The number of nitrogens with one attached hydrogen (secondary N) is 1. The van der Waals surface area contributed by atoms with Crippen LogP contribution < -0.4 is 11.1 Å². The fourth-order valence-electron chi connectivity index (χ4n) is 2.24. The molecule has 0 saturated carbocycles. The van der Waals surface area contributed by atoms with Gasteiger partial charge in [0.15, 0.2) is 5.78 Å². The number of amides is 1. The Morgan fingerprint density at radius 3 is 2.42 bits per heavy atom. The van der Waals surface area contributed by atoms with Gasteiger partial charge in [-0.2, -0.15) is 0 Å². The predicted octanol–water partition coefficient (Wildman–Crippen LogP) is 3.38. The van der Waals surface area contributed by atoms with Crippen molar-refractivity contribution >= 4 is 23.3 Å². The first-order valence-corrected chi connectivity index (χ1v) is 7.68. The summed E-state index contributed by atoms with van der Waals surface area (Å²) in [5, 5.41) is 2.64. The Labute approximate surface area is 141 Å². The summed E-state index contributed by atoms with van der Waals surface area (Å²) >= 11 is 0. The van der Waals surface area contributed by atoms with Crippen molar-refractivity contribution in [3.8, 4) is 0 Å². The van der Waals surface area contributed by atoms with Crippen LogP contribution in [0.2, 0.25) is 0 Å². The third kappa shape index (κ3) is 4.87. The minimum atomic E-state index is -0.577. The van der Waals surface area contributed by atoms with Crippen molar-refractivity contribution in [1.29, 1.82) is 0 Å². The largest absolute Gasteiger partial charge is 0.444 e. The van der Waals surface area contributed by atoms with E-state index in [4.69, 9.17) is 10.5 Å². The molecule has 0 saturated heterocycles. The van der Waals surface area contributed by atoms with Crippen molar-refractivity contribution in [2.45, 2.75) is 32.8 Å². The van der Waals surface area contributed by atoms with E-state index in [1.54, 1.807) is 56.8 Å². The average Bonchev–Trinajstić information content (AvgIpc) is 2.80. The number of ketones is 1. The number of benzene rings is 1. The maximum Gasteiger partial charge on any atom is 0.412 e. The van der Waals surface area contributed by atoms with Crippen molar-refractivity contribution in [1.82, 2.24) is 4.57 Å². The summed E-state index contributed by atoms with van der Waals surface area (Å²) in [7, 11) is 1.76. The highest BCUT2D eigenvalue weighted by atomic mass is 16.6. The Morgan fingerprint density at radius 2 is 1.83 bits per heavy atom. The van der Waals surface area contributed by atoms with Crippen LogP contribution in [0.5, 0.6) is 0 Å². The molecule has 0 fully saturated rings. The number of aryl methyl sites for hydroxylation is 1. The van der Waals surface area contributed by atoms with Gasteiger partial charge in [-0.1, -0.05) is 12.1 Å². The maximum absolute atomic E-state index is 12.5. The molecule has 128 valence electrons. The molecule has 2 aromatic rings. The van der Waals surface area contributed by atoms with Crippen molar-refractivity contribution in [2.24, 2.45) is 7.05 Å². The van der Waals surface area contributed by atoms with Crippen LogP contribution in [0.4, 0.5) is 16.2 Å². The van der Waals surface area contributed by atoms with Crippen LogP contribution in [0, 0.1) is 0 Å². The summed E-state index contributed by atoms with van der Waals surface area (Å²) in [5.41, 5.74) is 7.65. The zero-order valence-electron chi connectivity index (χ0n) is 14.4. The number of aromatic nitrogens is 1. The van der Waals surface area contributed by atoms with Crippen LogP contribution in [0.25, 0.3) is 0 Å².